The van der Waals surface area contributed by atoms with Crippen molar-refractivity contribution in [3.8, 4) is 0 Å². The van der Waals surface area contributed by atoms with E-state index in [1.807, 2.05) is 0 Å². The highest BCUT2D eigenvalue weighted by Gasteiger charge is 2.35. The van der Waals surface area contributed by atoms with E-state index in [9.17, 15) is 14.9 Å². The average molecular weight is 390 g/mol. The molecular formula is C17H12ClN3O4S. The van der Waals surface area contributed by atoms with Crippen LogP contribution in [0.4, 0.5) is 11.4 Å². The van der Waals surface area contributed by atoms with Gasteiger partial charge in [0.15, 0.2) is 5.58 Å². The Balaban J connectivity index is 1.53. The number of amides is 1. The first-order valence-corrected chi connectivity index (χ1v) is 9.05. The van der Waals surface area contributed by atoms with Crippen LogP contribution in [0.1, 0.15) is 6.42 Å². The fraction of sp³-hybridized carbons (Fsp3) is 0.176. The average Bonchev–Trinajstić information content (AvgIpc) is 3.18. The second kappa shape index (κ2) is 6.62. The maximum absolute atomic E-state index is 12.7. The summed E-state index contributed by atoms with van der Waals surface area (Å²) >= 11 is 7.20. The second-order valence-electron chi connectivity index (χ2n) is 5.75. The first kappa shape index (κ1) is 16.9. The summed E-state index contributed by atoms with van der Waals surface area (Å²) in [5.74, 6) is -0.115. The molecule has 1 atom stereocenters. The number of hydrogen-bond donors (Lipinski definition) is 0. The molecule has 0 saturated carbocycles. The maximum Gasteiger partial charge on any atom is 0.271 e. The summed E-state index contributed by atoms with van der Waals surface area (Å²) < 4.78 is 5.66. The lowest BCUT2D eigenvalue weighted by atomic mass is 10.2. The van der Waals surface area contributed by atoms with E-state index in [-0.39, 0.29) is 16.8 Å². The summed E-state index contributed by atoms with van der Waals surface area (Å²) in [4.78, 5) is 29.1. The molecule has 1 fully saturated rings. The molecule has 1 amide bonds. The first-order valence-electron chi connectivity index (χ1n) is 7.80. The Morgan fingerprint density at radius 2 is 2.15 bits per heavy atom. The molecule has 26 heavy (non-hydrogen) atoms. The number of fused-ring (bicyclic) bond motifs is 1. The van der Waals surface area contributed by atoms with Gasteiger partial charge in [0.2, 0.25) is 5.91 Å². The summed E-state index contributed by atoms with van der Waals surface area (Å²) in [5.41, 5.74) is 1.73. The lowest BCUT2D eigenvalue weighted by Gasteiger charge is -2.16. The van der Waals surface area contributed by atoms with E-state index in [0.29, 0.717) is 40.0 Å². The van der Waals surface area contributed by atoms with Gasteiger partial charge in [0, 0.05) is 23.7 Å². The summed E-state index contributed by atoms with van der Waals surface area (Å²) in [6.45, 7) is 0.490. The van der Waals surface area contributed by atoms with Gasteiger partial charge in [-0.2, -0.15) is 0 Å². The maximum atomic E-state index is 12.7. The number of oxazole rings is 1. The Labute approximate surface area is 157 Å². The minimum absolute atomic E-state index is 0.0396. The van der Waals surface area contributed by atoms with Crippen molar-refractivity contribution in [3.63, 3.8) is 0 Å². The fourth-order valence-corrected chi connectivity index (χ4v) is 4.00. The van der Waals surface area contributed by atoms with E-state index < -0.39 is 4.92 Å². The van der Waals surface area contributed by atoms with E-state index in [1.165, 1.54) is 23.9 Å². The number of aromatic nitrogens is 1. The van der Waals surface area contributed by atoms with Gasteiger partial charge in [0.25, 0.3) is 10.9 Å². The smallest absolute Gasteiger partial charge is 0.271 e. The normalized spacial score (nSPS) is 17.2. The topological polar surface area (TPSA) is 89.5 Å². The number of rotatable bonds is 4. The molecule has 1 aromatic heterocycles. The molecule has 3 aromatic rings. The zero-order valence-corrected chi connectivity index (χ0v) is 14.9. The molecule has 0 N–H and O–H groups in total. The van der Waals surface area contributed by atoms with Crippen LogP contribution < -0.4 is 4.90 Å². The van der Waals surface area contributed by atoms with Crippen LogP contribution in [0.2, 0.25) is 5.02 Å². The van der Waals surface area contributed by atoms with Gasteiger partial charge in [-0.3, -0.25) is 14.9 Å². The van der Waals surface area contributed by atoms with Gasteiger partial charge in [0.1, 0.15) is 5.52 Å². The summed E-state index contributed by atoms with van der Waals surface area (Å²) in [7, 11) is 0. The van der Waals surface area contributed by atoms with E-state index in [1.54, 1.807) is 35.2 Å². The number of benzene rings is 2. The molecule has 1 unspecified atom stereocenters. The Morgan fingerprint density at radius 1 is 1.31 bits per heavy atom. The molecule has 1 aliphatic rings. The minimum atomic E-state index is -0.472. The van der Waals surface area contributed by atoms with Crippen molar-refractivity contribution in [1.82, 2.24) is 4.98 Å². The molecule has 2 aromatic carbocycles. The third-order valence-corrected chi connectivity index (χ3v) is 5.41. The van der Waals surface area contributed by atoms with Crippen molar-refractivity contribution in [2.75, 3.05) is 11.4 Å². The number of nitro benzene ring substituents is 1. The zero-order valence-electron chi connectivity index (χ0n) is 13.3. The largest absolute Gasteiger partial charge is 0.431 e. The minimum Gasteiger partial charge on any atom is -0.431 e. The number of non-ortho nitro benzene ring substituents is 1. The van der Waals surface area contributed by atoms with Gasteiger partial charge in [-0.1, -0.05) is 29.4 Å². The summed E-state index contributed by atoms with van der Waals surface area (Å²) in [6, 6.07) is 11.2. The van der Waals surface area contributed by atoms with Crippen LogP contribution in [0.5, 0.6) is 0 Å². The molecule has 4 rings (SSSR count). The Kier molecular flexibility index (Phi) is 4.29. The van der Waals surface area contributed by atoms with Crippen LogP contribution in [-0.4, -0.2) is 27.6 Å². The van der Waals surface area contributed by atoms with Crippen molar-refractivity contribution in [2.45, 2.75) is 16.9 Å². The number of thioether (sulfide) groups is 1. The van der Waals surface area contributed by atoms with Gasteiger partial charge in [-0.05, 0) is 30.7 Å². The SMILES string of the molecule is O=C1C(Sc2nc3cc(Cl)ccc3o2)CCN1c1cccc([N+](=O)[O-])c1. The van der Waals surface area contributed by atoms with Crippen LogP contribution in [0.15, 0.2) is 52.1 Å². The van der Waals surface area contributed by atoms with Crippen LogP contribution in [0.25, 0.3) is 11.1 Å². The third kappa shape index (κ3) is 3.13. The predicted octanol–water partition coefficient (Wildman–Crippen LogP) is 4.29. The monoisotopic (exact) mass is 389 g/mol. The van der Waals surface area contributed by atoms with Gasteiger partial charge < -0.3 is 9.32 Å². The van der Waals surface area contributed by atoms with Crippen LogP contribution in [0, 0.1) is 10.1 Å². The van der Waals surface area contributed by atoms with E-state index in [0.717, 1.165) is 0 Å². The number of carbonyl (C=O) groups is 1. The number of carbonyl (C=O) groups excluding carboxylic acids is 1. The molecule has 1 aliphatic heterocycles. The van der Waals surface area contributed by atoms with E-state index in [4.69, 9.17) is 16.0 Å². The molecule has 132 valence electrons. The van der Waals surface area contributed by atoms with Crippen molar-refractivity contribution in [3.05, 3.63) is 57.6 Å². The van der Waals surface area contributed by atoms with Crippen LogP contribution >= 0.6 is 23.4 Å². The Bertz CT molecular complexity index is 1020. The van der Waals surface area contributed by atoms with Gasteiger partial charge >= 0.3 is 0 Å². The molecule has 0 radical (unpaired) electrons. The zero-order chi connectivity index (χ0) is 18.3. The van der Waals surface area contributed by atoms with Crippen molar-refractivity contribution >= 4 is 51.7 Å². The molecule has 2 heterocycles. The molecule has 0 bridgehead atoms. The molecule has 7 nitrogen and oxygen atoms in total. The van der Waals surface area contributed by atoms with E-state index >= 15 is 0 Å². The Hall–Kier alpha value is -2.58. The summed E-state index contributed by atoms with van der Waals surface area (Å²) in [6.07, 6.45) is 0.603. The highest BCUT2D eigenvalue weighted by Crippen LogP contribution is 2.35. The van der Waals surface area contributed by atoms with Crippen molar-refractivity contribution < 1.29 is 14.1 Å². The fourth-order valence-electron chi connectivity index (χ4n) is 2.85. The summed E-state index contributed by atoms with van der Waals surface area (Å²) in [5, 5.41) is 11.6. The standard InChI is InChI=1S/C17H12ClN3O4S/c18-10-4-5-14-13(8-10)19-17(25-14)26-15-6-7-20(16(15)22)11-2-1-3-12(9-11)21(23)24/h1-5,8-9,15H,6-7H2. The van der Waals surface area contributed by atoms with Crippen molar-refractivity contribution in [1.29, 1.82) is 0 Å². The predicted molar refractivity (Wildman–Crippen MR) is 98.7 cm³/mol. The Morgan fingerprint density at radius 3 is 2.96 bits per heavy atom. The first-order chi connectivity index (χ1) is 12.5. The quantitative estimate of drug-likeness (QED) is 0.488. The number of nitrogens with zero attached hydrogens (tertiary/aromatic N) is 3. The number of halogens is 1. The van der Waals surface area contributed by atoms with Crippen LogP contribution in [0.3, 0.4) is 0 Å². The molecule has 0 aliphatic carbocycles. The molecule has 0 spiro atoms. The number of anilines is 1. The highest BCUT2D eigenvalue weighted by molar-refractivity contribution is 8.00. The lowest BCUT2D eigenvalue weighted by molar-refractivity contribution is -0.384. The highest BCUT2D eigenvalue weighted by atomic mass is 35.5. The van der Waals surface area contributed by atoms with Gasteiger partial charge in [-0.25, -0.2) is 4.98 Å². The van der Waals surface area contributed by atoms with Crippen LogP contribution in [-0.2, 0) is 4.79 Å². The van der Waals surface area contributed by atoms with Crippen molar-refractivity contribution in [2.24, 2.45) is 0 Å². The number of hydrogen-bond acceptors (Lipinski definition) is 6. The van der Waals surface area contributed by atoms with E-state index in [2.05, 4.69) is 4.98 Å². The van der Waals surface area contributed by atoms with Gasteiger partial charge in [-0.15, -0.1) is 0 Å². The third-order valence-electron chi connectivity index (χ3n) is 4.08. The number of nitro groups is 1. The second-order valence-corrected chi connectivity index (χ2v) is 7.34. The molecule has 1 saturated heterocycles. The molecule has 9 heteroatoms. The lowest BCUT2D eigenvalue weighted by Crippen LogP contribution is -2.28. The molecular weight excluding hydrogens is 378 g/mol. The van der Waals surface area contributed by atoms with Gasteiger partial charge in [0.05, 0.1) is 15.9 Å².